The van der Waals surface area contributed by atoms with E-state index < -0.39 is 0 Å². The molecule has 0 aromatic rings. The Morgan fingerprint density at radius 3 is 2.50 bits per heavy atom. The molecule has 1 atom stereocenters. The van der Waals surface area contributed by atoms with Crippen molar-refractivity contribution in [2.24, 2.45) is 11.3 Å². The van der Waals surface area contributed by atoms with Crippen LogP contribution in [0.4, 0.5) is 0 Å². The minimum atomic E-state index is 0.199. The van der Waals surface area contributed by atoms with Crippen LogP contribution in [0, 0.1) is 11.3 Å². The number of ether oxygens (including phenoxy) is 2. The summed E-state index contributed by atoms with van der Waals surface area (Å²) < 4.78 is 10.9. The Hall–Kier alpha value is -0.650. The first-order valence-electron chi connectivity index (χ1n) is 9.66. The van der Waals surface area contributed by atoms with Crippen LogP contribution in [0.2, 0.25) is 0 Å². The molecule has 5 heteroatoms. The lowest BCUT2D eigenvalue weighted by molar-refractivity contribution is -0.140. The average Bonchev–Trinajstić information content (AvgIpc) is 2.94. The summed E-state index contributed by atoms with van der Waals surface area (Å²) in [5.74, 6) is 0.574. The van der Waals surface area contributed by atoms with E-state index in [1.807, 2.05) is 0 Å². The first-order chi connectivity index (χ1) is 11.5. The Kier molecular flexibility index (Phi) is 5.83. The van der Waals surface area contributed by atoms with Crippen molar-refractivity contribution in [1.29, 1.82) is 0 Å². The van der Waals surface area contributed by atoms with E-state index in [9.17, 15) is 4.79 Å². The molecule has 3 aliphatic rings. The van der Waals surface area contributed by atoms with Crippen molar-refractivity contribution in [2.75, 3.05) is 46.6 Å². The highest BCUT2D eigenvalue weighted by molar-refractivity contribution is 5.79. The van der Waals surface area contributed by atoms with Gasteiger partial charge in [-0.25, -0.2) is 0 Å². The van der Waals surface area contributed by atoms with E-state index >= 15 is 0 Å². The first kappa shape index (κ1) is 18.2. The lowest BCUT2D eigenvalue weighted by Gasteiger charge is -2.41. The van der Waals surface area contributed by atoms with Crippen LogP contribution in [0.1, 0.15) is 46.0 Å². The Balaban J connectivity index is 1.57. The standard InChI is InChI=1S/C19H34N2O3/c1-15(2)21-14-19(12-17(21)13-23-3)6-8-20(9-7-19)18(22)16-4-10-24-11-5-16/h15-17H,4-14H2,1-3H3/t17-/m1/s1. The van der Waals surface area contributed by atoms with Crippen molar-refractivity contribution < 1.29 is 14.3 Å². The van der Waals surface area contributed by atoms with Crippen LogP contribution in [0.15, 0.2) is 0 Å². The van der Waals surface area contributed by atoms with Gasteiger partial charge < -0.3 is 14.4 Å². The third kappa shape index (κ3) is 3.78. The molecule has 0 aliphatic carbocycles. The van der Waals surface area contributed by atoms with Gasteiger partial charge in [-0.2, -0.15) is 0 Å². The van der Waals surface area contributed by atoms with Crippen molar-refractivity contribution >= 4 is 5.91 Å². The highest BCUT2D eigenvalue weighted by atomic mass is 16.5. The number of rotatable bonds is 4. The molecule has 0 N–H and O–H groups in total. The van der Waals surface area contributed by atoms with E-state index in [1.54, 1.807) is 7.11 Å². The van der Waals surface area contributed by atoms with E-state index in [0.717, 1.165) is 65.1 Å². The fourth-order valence-electron chi connectivity index (χ4n) is 4.92. The summed E-state index contributed by atoms with van der Waals surface area (Å²) in [4.78, 5) is 17.5. The van der Waals surface area contributed by atoms with Gasteiger partial charge in [-0.1, -0.05) is 0 Å². The summed E-state index contributed by atoms with van der Waals surface area (Å²) in [6.45, 7) is 9.91. The van der Waals surface area contributed by atoms with Gasteiger partial charge in [0.25, 0.3) is 0 Å². The molecular formula is C19H34N2O3. The molecule has 1 amide bonds. The maximum atomic E-state index is 12.7. The summed E-state index contributed by atoms with van der Waals surface area (Å²) in [5.41, 5.74) is 0.389. The van der Waals surface area contributed by atoms with Crippen LogP contribution in [0.5, 0.6) is 0 Å². The number of methoxy groups -OCH3 is 1. The predicted octanol–water partition coefficient (Wildman–Crippen LogP) is 2.15. The van der Waals surface area contributed by atoms with Crippen LogP contribution in [0.25, 0.3) is 0 Å². The van der Waals surface area contributed by atoms with E-state index in [-0.39, 0.29) is 5.92 Å². The molecule has 3 heterocycles. The third-order valence-corrected chi connectivity index (χ3v) is 6.38. The molecule has 0 aromatic heterocycles. The monoisotopic (exact) mass is 338 g/mol. The van der Waals surface area contributed by atoms with Crippen molar-refractivity contribution in [3.8, 4) is 0 Å². The molecule has 138 valence electrons. The maximum Gasteiger partial charge on any atom is 0.225 e. The minimum Gasteiger partial charge on any atom is -0.383 e. The van der Waals surface area contributed by atoms with Crippen LogP contribution < -0.4 is 0 Å². The number of hydrogen-bond donors (Lipinski definition) is 0. The summed E-state index contributed by atoms with van der Waals surface area (Å²) in [6, 6.07) is 1.10. The highest BCUT2D eigenvalue weighted by Crippen LogP contribution is 2.44. The second-order valence-corrected chi connectivity index (χ2v) is 8.29. The van der Waals surface area contributed by atoms with E-state index in [4.69, 9.17) is 9.47 Å². The van der Waals surface area contributed by atoms with Crippen molar-refractivity contribution in [1.82, 2.24) is 9.80 Å². The number of amides is 1. The molecule has 3 saturated heterocycles. The molecule has 0 saturated carbocycles. The van der Waals surface area contributed by atoms with Crippen LogP contribution in [-0.2, 0) is 14.3 Å². The molecule has 0 aromatic carbocycles. The van der Waals surface area contributed by atoms with Gasteiger partial charge in [0.15, 0.2) is 0 Å². The number of carbonyl (C=O) groups is 1. The largest absolute Gasteiger partial charge is 0.383 e. The van der Waals surface area contributed by atoms with Gasteiger partial charge in [-0.05, 0) is 51.4 Å². The van der Waals surface area contributed by atoms with Crippen molar-refractivity contribution in [2.45, 2.75) is 58.0 Å². The van der Waals surface area contributed by atoms with Gasteiger partial charge in [0.1, 0.15) is 0 Å². The Morgan fingerprint density at radius 1 is 1.25 bits per heavy atom. The number of likely N-dealkylation sites (tertiary alicyclic amines) is 2. The summed E-state index contributed by atoms with van der Waals surface area (Å²) in [5, 5.41) is 0. The average molecular weight is 338 g/mol. The number of piperidine rings is 1. The predicted molar refractivity (Wildman–Crippen MR) is 93.9 cm³/mol. The highest BCUT2D eigenvalue weighted by Gasteiger charge is 2.46. The van der Waals surface area contributed by atoms with E-state index in [0.29, 0.717) is 23.4 Å². The molecule has 3 aliphatic heterocycles. The van der Waals surface area contributed by atoms with Crippen molar-refractivity contribution in [3.05, 3.63) is 0 Å². The summed E-state index contributed by atoms with van der Waals surface area (Å²) in [7, 11) is 1.80. The minimum absolute atomic E-state index is 0.199. The molecule has 0 unspecified atom stereocenters. The van der Waals surface area contributed by atoms with Gasteiger partial charge in [-0.15, -0.1) is 0 Å². The van der Waals surface area contributed by atoms with Crippen LogP contribution >= 0.6 is 0 Å². The third-order valence-electron chi connectivity index (χ3n) is 6.38. The Morgan fingerprint density at radius 2 is 1.92 bits per heavy atom. The van der Waals surface area contributed by atoms with Crippen molar-refractivity contribution in [3.63, 3.8) is 0 Å². The summed E-state index contributed by atoms with van der Waals surface area (Å²) in [6.07, 6.45) is 5.31. The SMILES string of the molecule is COC[C@H]1CC2(CCN(C(=O)C3CCOCC3)CC2)CN1C(C)C. The molecule has 0 radical (unpaired) electrons. The van der Waals surface area contributed by atoms with Crippen LogP contribution in [0.3, 0.4) is 0 Å². The number of carbonyl (C=O) groups excluding carboxylic acids is 1. The Bertz CT molecular complexity index is 426. The zero-order valence-corrected chi connectivity index (χ0v) is 15.6. The van der Waals surface area contributed by atoms with Gasteiger partial charge in [0, 0.05) is 58.0 Å². The topological polar surface area (TPSA) is 42.0 Å². The molecule has 5 nitrogen and oxygen atoms in total. The normalized spacial score (nSPS) is 28.8. The van der Waals surface area contributed by atoms with E-state index in [2.05, 4.69) is 23.6 Å². The van der Waals surface area contributed by atoms with E-state index in [1.165, 1.54) is 6.42 Å². The fourth-order valence-corrected chi connectivity index (χ4v) is 4.92. The van der Waals surface area contributed by atoms with Crippen LogP contribution in [-0.4, -0.2) is 74.4 Å². The second kappa shape index (κ2) is 7.71. The first-order valence-corrected chi connectivity index (χ1v) is 9.66. The quantitative estimate of drug-likeness (QED) is 0.788. The summed E-state index contributed by atoms with van der Waals surface area (Å²) >= 11 is 0. The molecular weight excluding hydrogens is 304 g/mol. The molecule has 24 heavy (non-hydrogen) atoms. The fraction of sp³-hybridized carbons (Fsp3) is 0.947. The zero-order valence-electron chi connectivity index (χ0n) is 15.6. The smallest absolute Gasteiger partial charge is 0.225 e. The lowest BCUT2D eigenvalue weighted by atomic mass is 9.76. The van der Waals surface area contributed by atoms with Gasteiger partial charge in [0.05, 0.1) is 6.61 Å². The maximum absolute atomic E-state index is 12.7. The van der Waals surface area contributed by atoms with Gasteiger partial charge in [0.2, 0.25) is 5.91 Å². The van der Waals surface area contributed by atoms with Gasteiger partial charge in [-0.3, -0.25) is 9.69 Å². The number of nitrogens with zero attached hydrogens (tertiary/aromatic N) is 2. The second-order valence-electron chi connectivity index (χ2n) is 8.29. The number of hydrogen-bond acceptors (Lipinski definition) is 4. The molecule has 1 spiro atoms. The zero-order chi connectivity index (χ0) is 17.2. The molecule has 3 fully saturated rings. The Labute approximate surface area is 146 Å². The molecule has 0 bridgehead atoms. The lowest BCUT2D eigenvalue weighted by Crippen LogP contribution is -2.47. The molecule has 3 rings (SSSR count). The van der Waals surface area contributed by atoms with Gasteiger partial charge >= 0.3 is 0 Å².